The van der Waals surface area contributed by atoms with Gasteiger partial charge in [0.15, 0.2) is 5.75 Å². The third-order valence-corrected chi connectivity index (χ3v) is 8.51. The van der Waals surface area contributed by atoms with Crippen LogP contribution in [0.5, 0.6) is 5.75 Å². The molecule has 2 aromatic carbocycles. The second-order valence-corrected chi connectivity index (χ2v) is 13.1. The number of carboxylic acids is 1. The number of nitrogens with one attached hydrogen (secondary N) is 1. The number of halogens is 9. The molecule has 2 N–H and O–H groups in total. The summed E-state index contributed by atoms with van der Waals surface area (Å²) in [6.45, 7) is 3.69. The highest BCUT2D eigenvalue weighted by molar-refractivity contribution is 5.91. The van der Waals surface area contributed by atoms with Gasteiger partial charge in [-0.1, -0.05) is 6.92 Å². The second kappa shape index (κ2) is 16.0. The number of nitrogens with zero attached hydrogens (tertiary/aromatic N) is 4. The number of carbonyl (C=O) groups is 2. The molecule has 1 amide bonds. The van der Waals surface area contributed by atoms with Crippen LogP contribution < -0.4 is 15.0 Å². The maximum absolute atomic E-state index is 13.9. The molecule has 0 saturated heterocycles. The van der Waals surface area contributed by atoms with Crippen LogP contribution in [0.1, 0.15) is 86.0 Å². The zero-order valence-corrected chi connectivity index (χ0v) is 28.9. The molecule has 0 fully saturated rings. The van der Waals surface area contributed by atoms with Crippen LogP contribution in [0.4, 0.5) is 55.9 Å². The first-order chi connectivity index (χ1) is 25.0. The van der Waals surface area contributed by atoms with Crippen LogP contribution in [0.25, 0.3) is 0 Å². The normalized spacial score (nSPS) is 16.3. The van der Waals surface area contributed by atoms with Gasteiger partial charge in [0.2, 0.25) is 5.95 Å². The third kappa shape index (κ3) is 10.0. The standard InChI is InChI=1S/C35H34F9N5O5/c1-4-23-16-25(24-15-20(33(36,37)38)7-8-27(24)49(23)31(52)54-18-32(2,3)29(50)51)47-30-46-17-28(53-10-6-5-9-45)26(48-30)13-19-11-21(34(39,40)41)14-22(12-19)35(42,43)44/h7-8,11-12,14-15,17,23,25H,4-6,10,13,16,18H2,1-3H3,(H,50,51)(H,46,47,48)/t23-,25+/m1/s1. The topological polar surface area (TPSA) is 138 Å². The Morgan fingerprint density at radius 2 is 1.61 bits per heavy atom. The summed E-state index contributed by atoms with van der Waals surface area (Å²) in [6, 6.07) is 3.79. The Morgan fingerprint density at radius 1 is 0.981 bits per heavy atom. The number of amides is 1. The third-order valence-electron chi connectivity index (χ3n) is 8.51. The Labute approximate surface area is 302 Å². The first-order valence-electron chi connectivity index (χ1n) is 16.4. The fraction of sp³-hybridized carbons (Fsp3) is 0.457. The molecule has 0 radical (unpaired) electrons. The number of unbranched alkanes of at least 4 members (excludes halogenated alkanes) is 1. The van der Waals surface area contributed by atoms with Gasteiger partial charge in [0, 0.05) is 18.9 Å². The number of aliphatic carboxylic acids is 1. The Kier molecular flexibility index (Phi) is 12.3. The molecule has 10 nitrogen and oxygen atoms in total. The number of carboxylic acid groups (broad SMARTS) is 1. The van der Waals surface area contributed by atoms with Crippen molar-refractivity contribution in [2.24, 2.45) is 5.41 Å². The van der Waals surface area contributed by atoms with E-state index in [4.69, 9.17) is 14.7 Å². The van der Waals surface area contributed by atoms with Gasteiger partial charge in [0.05, 0.1) is 58.4 Å². The number of hydrogen-bond donors (Lipinski definition) is 2. The van der Waals surface area contributed by atoms with E-state index in [1.807, 2.05) is 6.07 Å². The van der Waals surface area contributed by atoms with Crippen molar-refractivity contribution in [3.8, 4) is 11.8 Å². The molecular formula is C35H34F9N5O5. The zero-order valence-electron chi connectivity index (χ0n) is 28.9. The lowest BCUT2D eigenvalue weighted by Gasteiger charge is -2.40. The maximum Gasteiger partial charge on any atom is 0.416 e. The predicted octanol–water partition coefficient (Wildman–Crippen LogP) is 9.20. The summed E-state index contributed by atoms with van der Waals surface area (Å²) in [7, 11) is 0. The first-order valence-corrected chi connectivity index (χ1v) is 16.4. The number of hydrogen-bond acceptors (Lipinski definition) is 8. The molecule has 0 spiro atoms. The van der Waals surface area contributed by atoms with Crippen molar-refractivity contribution in [2.45, 2.75) is 83.5 Å². The van der Waals surface area contributed by atoms with E-state index in [1.54, 1.807) is 6.92 Å². The van der Waals surface area contributed by atoms with E-state index in [2.05, 4.69) is 15.3 Å². The monoisotopic (exact) mass is 775 g/mol. The number of ether oxygens (including phenoxy) is 2. The van der Waals surface area contributed by atoms with Gasteiger partial charge in [-0.3, -0.25) is 9.69 Å². The molecule has 0 saturated carbocycles. The van der Waals surface area contributed by atoms with E-state index in [1.165, 1.54) is 13.8 Å². The summed E-state index contributed by atoms with van der Waals surface area (Å²) in [5, 5.41) is 21.2. The van der Waals surface area contributed by atoms with Crippen LogP contribution in [-0.2, 0) is 34.5 Å². The van der Waals surface area contributed by atoms with Crippen molar-refractivity contribution in [2.75, 3.05) is 23.4 Å². The van der Waals surface area contributed by atoms with Crippen molar-refractivity contribution in [3.05, 3.63) is 76.1 Å². The SMILES string of the molecule is CC[C@@H]1C[C@H](Nc2ncc(OCCCC#N)c(Cc3cc(C(F)(F)F)cc(C(F)(F)F)c3)n2)c2cc(C(F)(F)F)ccc2N1C(=O)OCC(C)(C)C(=O)O. The van der Waals surface area contributed by atoms with Gasteiger partial charge in [-0.25, -0.2) is 14.8 Å². The van der Waals surface area contributed by atoms with Crippen LogP contribution in [0.2, 0.25) is 0 Å². The second-order valence-electron chi connectivity index (χ2n) is 13.1. The van der Waals surface area contributed by atoms with Gasteiger partial charge in [-0.2, -0.15) is 44.8 Å². The fourth-order valence-corrected chi connectivity index (χ4v) is 5.56. The van der Waals surface area contributed by atoms with Crippen LogP contribution >= 0.6 is 0 Å². The molecule has 54 heavy (non-hydrogen) atoms. The number of nitriles is 1. The van der Waals surface area contributed by atoms with Gasteiger partial charge in [-0.05, 0) is 80.6 Å². The minimum Gasteiger partial charge on any atom is -0.490 e. The summed E-state index contributed by atoms with van der Waals surface area (Å²) in [4.78, 5) is 34.5. The lowest BCUT2D eigenvalue weighted by Crippen LogP contribution is -2.47. The first kappa shape index (κ1) is 41.5. The zero-order chi connectivity index (χ0) is 40.2. The van der Waals surface area contributed by atoms with E-state index in [9.17, 15) is 54.2 Å². The van der Waals surface area contributed by atoms with E-state index < -0.39 is 83.4 Å². The number of aromatic nitrogens is 2. The van der Waals surface area contributed by atoms with Crippen molar-refractivity contribution < 1.29 is 63.7 Å². The highest BCUT2D eigenvalue weighted by Gasteiger charge is 2.41. The lowest BCUT2D eigenvalue weighted by atomic mass is 9.89. The van der Waals surface area contributed by atoms with Gasteiger partial charge in [0.1, 0.15) is 6.61 Å². The Balaban J connectivity index is 1.77. The average molecular weight is 776 g/mol. The quantitative estimate of drug-likeness (QED) is 0.136. The smallest absolute Gasteiger partial charge is 0.416 e. The number of rotatable bonds is 12. The summed E-state index contributed by atoms with van der Waals surface area (Å²) in [5.41, 5.74) is -6.34. The van der Waals surface area contributed by atoms with Crippen LogP contribution in [0, 0.1) is 16.7 Å². The molecule has 1 aromatic heterocycles. The van der Waals surface area contributed by atoms with E-state index in [0.29, 0.717) is 12.1 Å². The number of carbonyl (C=O) groups excluding carboxylic acids is 1. The minimum atomic E-state index is -5.13. The Morgan fingerprint density at radius 3 is 2.17 bits per heavy atom. The summed E-state index contributed by atoms with van der Waals surface area (Å²) in [6.07, 6.45) is -15.1. The van der Waals surface area contributed by atoms with Gasteiger partial charge in [-0.15, -0.1) is 0 Å². The molecular weight excluding hydrogens is 741 g/mol. The molecule has 4 rings (SSSR count). The van der Waals surface area contributed by atoms with Crippen LogP contribution in [0.15, 0.2) is 42.6 Å². The van der Waals surface area contributed by atoms with Gasteiger partial charge < -0.3 is 19.9 Å². The van der Waals surface area contributed by atoms with Gasteiger partial charge >= 0.3 is 30.6 Å². The Hall–Kier alpha value is -5.28. The Bertz CT molecular complexity index is 1860. The lowest BCUT2D eigenvalue weighted by molar-refractivity contribution is -0.149. The fourth-order valence-electron chi connectivity index (χ4n) is 5.56. The highest BCUT2D eigenvalue weighted by atomic mass is 19.4. The molecule has 1 aliphatic heterocycles. The molecule has 0 aliphatic carbocycles. The minimum absolute atomic E-state index is 0.00181. The summed E-state index contributed by atoms with van der Waals surface area (Å²) >= 11 is 0. The molecule has 19 heteroatoms. The van der Waals surface area contributed by atoms with Crippen molar-refractivity contribution >= 4 is 23.7 Å². The van der Waals surface area contributed by atoms with Crippen LogP contribution in [0.3, 0.4) is 0 Å². The van der Waals surface area contributed by atoms with E-state index >= 15 is 0 Å². The average Bonchev–Trinajstić information content (AvgIpc) is 3.08. The molecule has 2 atom stereocenters. The largest absolute Gasteiger partial charge is 0.490 e. The van der Waals surface area contributed by atoms with Crippen molar-refractivity contribution in [3.63, 3.8) is 0 Å². The van der Waals surface area contributed by atoms with Crippen molar-refractivity contribution in [1.29, 1.82) is 5.26 Å². The molecule has 292 valence electrons. The van der Waals surface area contributed by atoms with E-state index in [0.717, 1.165) is 29.3 Å². The predicted molar refractivity (Wildman–Crippen MR) is 173 cm³/mol. The van der Waals surface area contributed by atoms with Crippen molar-refractivity contribution in [1.82, 2.24) is 9.97 Å². The summed E-state index contributed by atoms with van der Waals surface area (Å²) in [5.74, 6) is -1.66. The molecule has 2 heterocycles. The number of alkyl halides is 9. The number of benzene rings is 2. The number of anilines is 2. The molecule has 0 bridgehead atoms. The van der Waals surface area contributed by atoms with Crippen LogP contribution in [-0.4, -0.2) is 46.4 Å². The van der Waals surface area contributed by atoms with E-state index in [-0.39, 0.29) is 67.0 Å². The molecule has 1 aliphatic rings. The molecule has 0 unspecified atom stereocenters. The molecule has 3 aromatic rings. The number of fused-ring (bicyclic) bond motifs is 1. The van der Waals surface area contributed by atoms with Gasteiger partial charge in [0.25, 0.3) is 0 Å². The highest BCUT2D eigenvalue weighted by Crippen LogP contribution is 2.44. The summed E-state index contributed by atoms with van der Waals surface area (Å²) < 4.78 is 134. The maximum atomic E-state index is 13.9.